The van der Waals surface area contributed by atoms with Crippen molar-refractivity contribution in [3.8, 4) is 0 Å². The monoisotopic (exact) mass is 328 g/mol. The summed E-state index contributed by atoms with van der Waals surface area (Å²) < 4.78 is 12.3. The van der Waals surface area contributed by atoms with Gasteiger partial charge in [-0.1, -0.05) is 0 Å². The predicted octanol–water partition coefficient (Wildman–Crippen LogP) is 1.43. The third-order valence-electron chi connectivity index (χ3n) is 3.24. The lowest BCUT2D eigenvalue weighted by molar-refractivity contribution is -0.384. The SMILES string of the molecule is Cl.O=[N+]([O-])c1ccc2nc(S(=O)C3CCNC3)cnc2c1. The molecule has 2 atom stereocenters. The molecule has 1 aromatic heterocycles. The number of nitrogens with one attached hydrogen (secondary N) is 1. The van der Waals surface area contributed by atoms with E-state index in [-0.39, 0.29) is 23.3 Å². The van der Waals surface area contributed by atoms with Crippen LogP contribution in [-0.4, -0.2) is 37.4 Å². The molecule has 1 aliphatic heterocycles. The highest BCUT2D eigenvalue weighted by molar-refractivity contribution is 7.85. The summed E-state index contributed by atoms with van der Waals surface area (Å²) in [5.41, 5.74) is 0.928. The molecule has 0 aliphatic carbocycles. The van der Waals surface area contributed by atoms with Gasteiger partial charge in [0.05, 0.1) is 38.2 Å². The molecule has 7 nitrogen and oxygen atoms in total. The number of non-ortho nitro benzene ring substituents is 1. The lowest BCUT2D eigenvalue weighted by Gasteiger charge is -2.07. The van der Waals surface area contributed by atoms with Gasteiger partial charge in [0.2, 0.25) is 0 Å². The first-order valence-electron chi connectivity index (χ1n) is 6.17. The number of nitro benzene ring substituents is 1. The number of halogens is 1. The van der Waals surface area contributed by atoms with E-state index in [2.05, 4.69) is 15.3 Å². The van der Waals surface area contributed by atoms with Gasteiger partial charge in [0, 0.05) is 18.7 Å². The van der Waals surface area contributed by atoms with Crippen LogP contribution in [0.25, 0.3) is 11.0 Å². The van der Waals surface area contributed by atoms with Gasteiger partial charge in [0.25, 0.3) is 5.69 Å². The molecule has 1 saturated heterocycles. The number of rotatable bonds is 3. The van der Waals surface area contributed by atoms with Crippen molar-refractivity contribution in [2.24, 2.45) is 0 Å². The molecule has 1 aliphatic rings. The molecule has 3 rings (SSSR count). The molecule has 0 saturated carbocycles. The summed E-state index contributed by atoms with van der Waals surface area (Å²) >= 11 is 0. The summed E-state index contributed by atoms with van der Waals surface area (Å²) in [6, 6.07) is 4.28. The van der Waals surface area contributed by atoms with Crippen LogP contribution in [0, 0.1) is 10.1 Å². The maximum atomic E-state index is 12.3. The molecule has 21 heavy (non-hydrogen) atoms. The highest BCUT2D eigenvalue weighted by Gasteiger charge is 2.23. The maximum absolute atomic E-state index is 12.3. The second-order valence-corrected chi connectivity index (χ2v) is 6.23. The van der Waals surface area contributed by atoms with Crippen molar-refractivity contribution in [1.82, 2.24) is 15.3 Å². The van der Waals surface area contributed by atoms with Crippen molar-refractivity contribution >= 4 is 39.9 Å². The van der Waals surface area contributed by atoms with Gasteiger partial charge >= 0.3 is 0 Å². The minimum absolute atomic E-state index is 0. The number of hydrogen-bond acceptors (Lipinski definition) is 6. The Kier molecular flexibility index (Phi) is 4.81. The Bertz CT molecular complexity index is 706. The van der Waals surface area contributed by atoms with E-state index in [1.807, 2.05) is 0 Å². The van der Waals surface area contributed by atoms with Crippen LogP contribution in [-0.2, 0) is 10.8 Å². The number of benzene rings is 1. The Balaban J connectivity index is 0.00000161. The molecular formula is C12H13ClN4O3S. The first-order chi connectivity index (χ1) is 9.65. The van der Waals surface area contributed by atoms with E-state index in [9.17, 15) is 14.3 Å². The largest absolute Gasteiger partial charge is 0.315 e. The zero-order valence-corrected chi connectivity index (χ0v) is 12.5. The van der Waals surface area contributed by atoms with Gasteiger partial charge < -0.3 is 5.32 Å². The van der Waals surface area contributed by atoms with Gasteiger partial charge in [-0.05, 0) is 19.0 Å². The predicted molar refractivity (Wildman–Crippen MR) is 81.1 cm³/mol. The Morgan fingerprint density at radius 2 is 2.19 bits per heavy atom. The maximum Gasteiger partial charge on any atom is 0.271 e. The van der Waals surface area contributed by atoms with Gasteiger partial charge in [0.1, 0.15) is 5.03 Å². The zero-order chi connectivity index (χ0) is 14.1. The molecule has 1 aromatic carbocycles. The van der Waals surface area contributed by atoms with Gasteiger partial charge in [-0.3, -0.25) is 19.3 Å². The van der Waals surface area contributed by atoms with Gasteiger partial charge in [-0.15, -0.1) is 12.4 Å². The Morgan fingerprint density at radius 1 is 1.38 bits per heavy atom. The van der Waals surface area contributed by atoms with Crippen LogP contribution in [0.15, 0.2) is 29.4 Å². The summed E-state index contributed by atoms with van der Waals surface area (Å²) in [7, 11) is -1.20. The molecule has 0 amide bonds. The van der Waals surface area contributed by atoms with E-state index >= 15 is 0 Å². The zero-order valence-electron chi connectivity index (χ0n) is 10.9. The molecule has 2 unspecified atom stereocenters. The standard InChI is InChI=1S/C12H12N4O3S.ClH/c17-16(18)8-1-2-10-11(5-8)14-7-12(15-10)20(19)9-3-4-13-6-9;/h1-2,5,7,9,13H,3-4,6H2;1H. The lowest BCUT2D eigenvalue weighted by Crippen LogP contribution is -2.19. The second kappa shape index (κ2) is 6.42. The van der Waals surface area contributed by atoms with E-state index in [1.165, 1.54) is 24.4 Å². The van der Waals surface area contributed by atoms with Crippen LogP contribution in [0.4, 0.5) is 5.69 Å². The third kappa shape index (κ3) is 3.17. The van der Waals surface area contributed by atoms with Crippen molar-refractivity contribution in [2.45, 2.75) is 16.7 Å². The topological polar surface area (TPSA) is 98.0 Å². The number of hydrogen-bond donors (Lipinski definition) is 1. The van der Waals surface area contributed by atoms with E-state index in [0.29, 0.717) is 22.6 Å². The van der Waals surface area contributed by atoms with Crippen LogP contribution in [0.3, 0.4) is 0 Å². The molecule has 9 heteroatoms. The van der Waals surface area contributed by atoms with Crippen molar-refractivity contribution in [3.63, 3.8) is 0 Å². The average molecular weight is 329 g/mol. The van der Waals surface area contributed by atoms with E-state index < -0.39 is 15.7 Å². The van der Waals surface area contributed by atoms with Crippen molar-refractivity contribution < 1.29 is 9.13 Å². The molecule has 0 radical (unpaired) electrons. The van der Waals surface area contributed by atoms with E-state index in [4.69, 9.17) is 0 Å². The lowest BCUT2D eigenvalue weighted by atomic mass is 10.3. The third-order valence-corrected chi connectivity index (χ3v) is 4.86. The van der Waals surface area contributed by atoms with E-state index in [1.54, 1.807) is 0 Å². The minimum Gasteiger partial charge on any atom is -0.315 e. The first-order valence-corrected chi connectivity index (χ1v) is 7.39. The Labute approximate surface area is 129 Å². The highest BCUT2D eigenvalue weighted by atomic mass is 35.5. The minimum atomic E-state index is -1.20. The number of nitrogens with zero attached hydrogens (tertiary/aromatic N) is 3. The molecule has 2 aromatic rings. The van der Waals surface area contributed by atoms with Gasteiger partial charge in [0.15, 0.2) is 0 Å². The summed E-state index contributed by atoms with van der Waals surface area (Å²) in [5.74, 6) is 0. The van der Waals surface area contributed by atoms with Crippen LogP contribution < -0.4 is 5.32 Å². The summed E-state index contributed by atoms with van der Waals surface area (Å²) in [5, 5.41) is 14.3. The fourth-order valence-corrected chi connectivity index (χ4v) is 3.46. The van der Waals surface area contributed by atoms with E-state index in [0.717, 1.165) is 13.0 Å². The molecule has 0 spiro atoms. The Morgan fingerprint density at radius 3 is 2.86 bits per heavy atom. The average Bonchev–Trinajstić information content (AvgIpc) is 2.99. The molecule has 1 N–H and O–H groups in total. The normalized spacial score (nSPS) is 19.1. The van der Waals surface area contributed by atoms with Crippen LogP contribution in [0.5, 0.6) is 0 Å². The summed E-state index contributed by atoms with van der Waals surface area (Å²) in [4.78, 5) is 18.7. The summed E-state index contributed by atoms with van der Waals surface area (Å²) in [6.07, 6.45) is 2.30. The van der Waals surface area contributed by atoms with Crippen LogP contribution in [0.2, 0.25) is 0 Å². The molecule has 0 bridgehead atoms. The van der Waals surface area contributed by atoms with Crippen molar-refractivity contribution in [3.05, 3.63) is 34.5 Å². The highest BCUT2D eigenvalue weighted by Crippen LogP contribution is 2.20. The number of nitro groups is 1. The number of aromatic nitrogens is 2. The van der Waals surface area contributed by atoms with Crippen molar-refractivity contribution in [1.29, 1.82) is 0 Å². The van der Waals surface area contributed by atoms with Crippen molar-refractivity contribution in [2.75, 3.05) is 13.1 Å². The molecule has 112 valence electrons. The second-order valence-electron chi connectivity index (χ2n) is 4.55. The molecular weight excluding hydrogens is 316 g/mol. The molecule has 2 heterocycles. The van der Waals surface area contributed by atoms with Gasteiger partial charge in [-0.2, -0.15) is 0 Å². The van der Waals surface area contributed by atoms with Gasteiger partial charge in [-0.25, -0.2) is 4.98 Å². The quantitative estimate of drug-likeness (QED) is 0.676. The molecule has 1 fully saturated rings. The Hall–Kier alpha value is -1.64. The fraction of sp³-hybridized carbons (Fsp3) is 0.333. The number of fused-ring (bicyclic) bond motifs is 1. The van der Waals surface area contributed by atoms with Crippen LogP contribution >= 0.6 is 12.4 Å². The fourth-order valence-electron chi connectivity index (χ4n) is 2.17. The van der Waals surface area contributed by atoms with Crippen LogP contribution in [0.1, 0.15) is 6.42 Å². The first kappa shape index (κ1) is 15.7. The smallest absolute Gasteiger partial charge is 0.271 e. The summed E-state index contributed by atoms with van der Waals surface area (Å²) in [6.45, 7) is 1.58.